The number of rotatable bonds is 3. The van der Waals surface area contributed by atoms with Crippen molar-refractivity contribution >= 4 is 29.1 Å². The summed E-state index contributed by atoms with van der Waals surface area (Å²) in [5, 5.41) is 2.60. The van der Waals surface area contributed by atoms with Gasteiger partial charge in [-0.15, -0.1) is 0 Å². The van der Waals surface area contributed by atoms with E-state index in [0.717, 1.165) is 6.07 Å². The molecule has 1 aliphatic rings. The lowest BCUT2D eigenvalue weighted by molar-refractivity contribution is 0.0789. The molecular formula is C16H12Cl2FNO3. The van der Waals surface area contributed by atoms with Gasteiger partial charge in [0.05, 0.1) is 22.2 Å². The van der Waals surface area contributed by atoms with Gasteiger partial charge in [0.15, 0.2) is 11.5 Å². The Morgan fingerprint density at radius 3 is 2.74 bits per heavy atom. The predicted octanol–water partition coefficient (Wildman–Crippen LogP) is 3.70. The summed E-state index contributed by atoms with van der Waals surface area (Å²) in [5.74, 6) is 0.0758. The normalized spacial score (nSPS) is 16.0. The van der Waals surface area contributed by atoms with Gasteiger partial charge in [-0.25, -0.2) is 4.39 Å². The number of carbonyl (C=O) groups is 1. The zero-order valence-electron chi connectivity index (χ0n) is 11.8. The summed E-state index contributed by atoms with van der Waals surface area (Å²) in [6.07, 6.45) is -0.343. The van der Waals surface area contributed by atoms with Gasteiger partial charge in [0.2, 0.25) is 0 Å². The third-order valence-corrected chi connectivity index (χ3v) is 3.91. The molecule has 0 radical (unpaired) electrons. The number of para-hydroxylation sites is 2. The molecule has 0 bridgehead atoms. The molecule has 0 aliphatic carbocycles. The summed E-state index contributed by atoms with van der Waals surface area (Å²) in [4.78, 5) is 12.1. The molecule has 2 aromatic carbocycles. The Hall–Kier alpha value is -1.98. The molecule has 0 spiro atoms. The molecule has 23 heavy (non-hydrogen) atoms. The summed E-state index contributed by atoms with van der Waals surface area (Å²) in [5.41, 5.74) is 0.0192. The van der Waals surface area contributed by atoms with Crippen LogP contribution in [-0.4, -0.2) is 25.2 Å². The summed E-state index contributed by atoms with van der Waals surface area (Å²) in [6, 6.07) is 9.48. The van der Waals surface area contributed by atoms with Crippen molar-refractivity contribution in [1.82, 2.24) is 5.32 Å². The molecule has 1 N–H and O–H groups in total. The van der Waals surface area contributed by atoms with Crippen molar-refractivity contribution in [2.24, 2.45) is 0 Å². The van der Waals surface area contributed by atoms with Gasteiger partial charge < -0.3 is 14.8 Å². The molecule has 0 aromatic heterocycles. The minimum atomic E-state index is -0.701. The van der Waals surface area contributed by atoms with Crippen LogP contribution in [0.5, 0.6) is 11.5 Å². The van der Waals surface area contributed by atoms with Crippen LogP contribution < -0.4 is 14.8 Å². The summed E-state index contributed by atoms with van der Waals surface area (Å²) in [7, 11) is 0. The number of hydrogen-bond acceptors (Lipinski definition) is 3. The van der Waals surface area contributed by atoms with E-state index >= 15 is 0 Å². The number of halogens is 3. The van der Waals surface area contributed by atoms with E-state index < -0.39 is 11.7 Å². The van der Waals surface area contributed by atoms with Gasteiger partial charge in [0.1, 0.15) is 18.5 Å². The maximum Gasteiger partial charge on any atom is 0.253 e. The Morgan fingerprint density at radius 2 is 1.96 bits per heavy atom. The highest BCUT2D eigenvalue weighted by atomic mass is 35.5. The lowest BCUT2D eigenvalue weighted by atomic mass is 10.2. The molecule has 2 aromatic rings. The molecule has 7 heteroatoms. The first kappa shape index (κ1) is 15.9. The van der Waals surface area contributed by atoms with Crippen molar-refractivity contribution in [3.8, 4) is 11.5 Å². The predicted molar refractivity (Wildman–Crippen MR) is 85.1 cm³/mol. The minimum Gasteiger partial charge on any atom is -0.486 e. The molecule has 120 valence electrons. The van der Waals surface area contributed by atoms with Crippen LogP contribution >= 0.6 is 23.2 Å². The molecule has 1 heterocycles. The molecule has 1 atom stereocenters. The van der Waals surface area contributed by atoms with E-state index in [0.29, 0.717) is 18.1 Å². The summed E-state index contributed by atoms with van der Waals surface area (Å²) >= 11 is 11.5. The number of hydrogen-bond donors (Lipinski definition) is 1. The van der Waals surface area contributed by atoms with E-state index in [4.69, 9.17) is 32.7 Å². The smallest absolute Gasteiger partial charge is 0.253 e. The largest absolute Gasteiger partial charge is 0.486 e. The maximum absolute atomic E-state index is 13.5. The number of nitrogens with one attached hydrogen (secondary N) is 1. The number of amides is 1. The van der Waals surface area contributed by atoms with Gasteiger partial charge >= 0.3 is 0 Å². The minimum absolute atomic E-state index is 0.0192. The first-order chi connectivity index (χ1) is 11.0. The molecule has 1 amide bonds. The molecule has 0 saturated heterocycles. The van der Waals surface area contributed by atoms with Gasteiger partial charge in [0, 0.05) is 0 Å². The van der Waals surface area contributed by atoms with Crippen molar-refractivity contribution < 1.29 is 18.7 Å². The Morgan fingerprint density at radius 1 is 1.22 bits per heavy atom. The molecule has 0 saturated carbocycles. The SMILES string of the molecule is O=C(NCC1COc2ccccc2O1)c1cc(F)c(Cl)cc1Cl. The van der Waals surface area contributed by atoms with Gasteiger partial charge in [0.25, 0.3) is 5.91 Å². The van der Waals surface area contributed by atoms with Gasteiger partial charge in [-0.05, 0) is 24.3 Å². The highest BCUT2D eigenvalue weighted by Gasteiger charge is 2.22. The van der Waals surface area contributed by atoms with Crippen LogP contribution in [0.1, 0.15) is 10.4 Å². The van der Waals surface area contributed by atoms with Crippen LogP contribution in [0, 0.1) is 5.82 Å². The Kier molecular flexibility index (Phi) is 4.59. The molecule has 4 nitrogen and oxygen atoms in total. The molecule has 0 fully saturated rings. The van der Waals surface area contributed by atoms with E-state index in [9.17, 15) is 9.18 Å². The third kappa shape index (κ3) is 3.51. The number of carbonyl (C=O) groups excluding carboxylic acids is 1. The Labute approximate surface area is 142 Å². The van der Waals surface area contributed by atoms with Crippen molar-refractivity contribution in [2.75, 3.05) is 13.2 Å². The third-order valence-electron chi connectivity index (χ3n) is 3.31. The van der Waals surface area contributed by atoms with E-state index in [1.807, 2.05) is 12.1 Å². The topological polar surface area (TPSA) is 47.6 Å². The average molecular weight is 356 g/mol. The van der Waals surface area contributed by atoms with Crippen LogP contribution in [0.2, 0.25) is 10.0 Å². The monoisotopic (exact) mass is 355 g/mol. The molecular weight excluding hydrogens is 344 g/mol. The van der Waals surface area contributed by atoms with Crippen LogP contribution in [0.25, 0.3) is 0 Å². The first-order valence-electron chi connectivity index (χ1n) is 6.86. The number of ether oxygens (including phenoxy) is 2. The van der Waals surface area contributed by atoms with E-state index in [-0.39, 0.29) is 28.3 Å². The van der Waals surface area contributed by atoms with E-state index in [1.165, 1.54) is 6.07 Å². The van der Waals surface area contributed by atoms with Crippen LogP contribution in [0.4, 0.5) is 4.39 Å². The number of fused-ring (bicyclic) bond motifs is 1. The highest BCUT2D eigenvalue weighted by molar-refractivity contribution is 6.36. The fourth-order valence-corrected chi connectivity index (χ4v) is 2.63. The Bertz CT molecular complexity index is 754. The average Bonchev–Trinajstić information content (AvgIpc) is 2.55. The summed E-state index contributed by atoms with van der Waals surface area (Å²) in [6.45, 7) is 0.508. The quantitative estimate of drug-likeness (QED) is 0.854. The second kappa shape index (κ2) is 6.64. The zero-order chi connectivity index (χ0) is 16.4. The van der Waals surface area contributed by atoms with Gasteiger partial charge in [-0.2, -0.15) is 0 Å². The number of benzene rings is 2. The maximum atomic E-state index is 13.5. The van der Waals surface area contributed by atoms with E-state index in [2.05, 4.69) is 5.32 Å². The summed E-state index contributed by atoms with van der Waals surface area (Å²) < 4.78 is 24.7. The van der Waals surface area contributed by atoms with Gasteiger partial charge in [-0.3, -0.25) is 4.79 Å². The first-order valence-corrected chi connectivity index (χ1v) is 7.61. The highest BCUT2D eigenvalue weighted by Crippen LogP contribution is 2.30. The zero-order valence-corrected chi connectivity index (χ0v) is 13.3. The van der Waals surface area contributed by atoms with E-state index in [1.54, 1.807) is 12.1 Å². The molecule has 1 aliphatic heterocycles. The molecule has 1 unspecified atom stereocenters. The van der Waals surface area contributed by atoms with Crippen molar-refractivity contribution in [1.29, 1.82) is 0 Å². The second-order valence-corrected chi connectivity index (χ2v) is 5.77. The van der Waals surface area contributed by atoms with Crippen LogP contribution in [0.3, 0.4) is 0 Å². The fraction of sp³-hybridized carbons (Fsp3) is 0.188. The van der Waals surface area contributed by atoms with Crippen molar-refractivity contribution in [3.63, 3.8) is 0 Å². The van der Waals surface area contributed by atoms with Crippen molar-refractivity contribution in [2.45, 2.75) is 6.10 Å². The lowest BCUT2D eigenvalue weighted by Gasteiger charge is -2.26. The molecule has 3 rings (SSSR count). The lowest BCUT2D eigenvalue weighted by Crippen LogP contribution is -2.40. The van der Waals surface area contributed by atoms with Crippen molar-refractivity contribution in [3.05, 3.63) is 57.8 Å². The standard InChI is InChI=1S/C16H12Cl2FNO3/c17-11-6-12(18)13(19)5-10(11)16(21)20-7-9-8-22-14-3-1-2-4-15(14)23-9/h1-6,9H,7-8H2,(H,20,21). The van der Waals surface area contributed by atoms with Crippen LogP contribution in [0.15, 0.2) is 36.4 Å². The van der Waals surface area contributed by atoms with Gasteiger partial charge in [-0.1, -0.05) is 35.3 Å². The van der Waals surface area contributed by atoms with Crippen LogP contribution in [-0.2, 0) is 0 Å². The Balaban J connectivity index is 1.63. The fourth-order valence-electron chi connectivity index (χ4n) is 2.16. The second-order valence-electron chi connectivity index (χ2n) is 4.95.